The van der Waals surface area contributed by atoms with Crippen molar-refractivity contribution in [3.05, 3.63) is 28.8 Å². The van der Waals surface area contributed by atoms with Gasteiger partial charge in [-0.1, -0.05) is 17.7 Å². The van der Waals surface area contributed by atoms with Crippen LogP contribution in [0.25, 0.3) is 0 Å². The molecule has 1 saturated heterocycles. The average molecular weight is 345 g/mol. The van der Waals surface area contributed by atoms with Crippen LogP contribution in [0, 0.1) is 6.92 Å². The van der Waals surface area contributed by atoms with Gasteiger partial charge in [-0.3, -0.25) is 4.90 Å². The van der Waals surface area contributed by atoms with Crippen molar-refractivity contribution in [2.45, 2.75) is 6.92 Å². The summed E-state index contributed by atoms with van der Waals surface area (Å²) in [6.45, 7) is 8.04. The molecule has 7 nitrogen and oxygen atoms in total. The average Bonchev–Trinajstić information content (AvgIpc) is 2.51. The highest BCUT2D eigenvalue weighted by Crippen LogP contribution is 2.24. The van der Waals surface area contributed by atoms with Crippen LogP contribution in [0.3, 0.4) is 0 Å². The highest BCUT2D eigenvalue weighted by atomic mass is 35.5. The number of nitrogens with zero attached hydrogens (tertiary/aromatic N) is 1. The minimum Gasteiger partial charge on any atom is -0.491 e. The number of ether oxygens (including phenoxy) is 1. The van der Waals surface area contributed by atoms with Crippen LogP contribution in [0.1, 0.15) is 5.56 Å². The number of hydrogen-bond donors (Lipinski definition) is 3. The third-order valence-electron chi connectivity index (χ3n) is 3.15. The number of hydrogen-bond acceptors (Lipinski definition) is 5. The first-order valence-electron chi connectivity index (χ1n) is 7.18. The molecule has 128 valence electrons. The molecule has 23 heavy (non-hydrogen) atoms. The molecule has 2 rings (SSSR count). The fraction of sp³-hybridized carbons (Fsp3) is 0.467. The summed E-state index contributed by atoms with van der Waals surface area (Å²) in [6.07, 6.45) is 0. The molecule has 0 amide bonds. The summed E-state index contributed by atoms with van der Waals surface area (Å²) in [5.74, 6) is -2.86. The minimum absolute atomic E-state index is 0.697. The molecule has 0 saturated carbocycles. The number of halogens is 1. The standard InChI is InChI=1S/C13H19ClN2O.C2H2O4/c1-11-2-3-13(12(14)10-11)17-9-8-16-6-4-15-5-7-16;3-1(4)2(5)6/h2-3,10,15H,4-9H2,1H3;(H,3,4)(H,5,6). The van der Waals surface area contributed by atoms with E-state index in [0.29, 0.717) is 11.6 Å². The van der Waals surface area contributed by atoms with Gasteiger partial charge in [0.05, 0.1) is 5.02 Å². The third kappa shape index (κ3) is 7.83. The Morgan fingerprint density at radius 1 is 1.26 bits per heavy atom. The quantitative estimate of drug-likeness (QED) is 0.703. The molecule has 1 aromatic rings. The molecule has 0 aromatic heterocycles. The van der Waals surface area contributed by atoms with Gasteiger partial charge in [-0.2, -0.15) is 0 Å². The molecule has 0 spiro atoms. The zero-order chi connectivity index (χ0) is 17.2. The lowest BCUT2D eigenvalue weighted by Crippen LogP contribution is -2.44. The summed E-state index contributed by atoms with van der Waals surface area (Å²) < 4.78 is 5.70. The Bertz CT molecular complexity index is 521. The van der Waals surface area contributed by atoms with Gasteiger partial charge >= 0.3 is 11.9 Å². The Kier molecular flexibility index (Phi) is 8.39. The molecular formula is C15H21ClN2O5. The minimum atomic E-state index is -1.82. The van der Waals surface area contributed by atoms with Crippen LogP contribution < -0.4 is 10.1 Å². The maximum absolute atomic E-state index is 9.10. The topological polar surface area (TPSA) is 99.1 Å². The van der Waals surface area contributed by atoms with Crippen molar-refractivity contribution in [3.8, 4) is 5.75 Å². The van der Waals surface area contributed by atoms with Crippen molar-refractivity contribution in [1.82, 2.24) is 10.2 Å². The molecule has 1 aliphatic rings. The number of piperazine rings is 1. The Morgan fingerprint density at radius 2 is 1.87 bits per heavy atom. The number of carbonyl (C=O) groups is 2. The second-order valence-corrected chi connectivity index (χ2v) is 5.39. The fourth-order valence-corrected chi connectivity index (χ4v) is 2.23. The monoisotopic (exact) mass is 344 g/mol. The van der Waals surface area contributed by atoms with Crippen molar-refractivity contribution < 1.29 is 24.5 Å². The SMILES string of the molecule is Cc1ccc(OCCN2CCNCC2)c(Cl)c1.O=C(O)C(=O)O. The summed E-state index contributed by atoms with van der Waals surface area (Å²) in [4.78, 5) is 20.6. The lowest BCUT2D eigenvalue weighted by atomic mass is 10.2. The van der Waals surface area contributed by atoms with Crippen LogP contribution in [-0.2, 0) is 9.59 Å². The van der Waals surface area contributed by atoms with Gasteiger partial charge in [0.2, 0.25) is 0 Å². The van der Waals surface area contributed by atoms with Crippen LogP contribution >= 0.6 is 11.6 Å². The van der Waals surface area contributed by atoms with Crippen LogP contribution in [0.4, 0.5) is 0 Å². The van der Waals surface area contributed by atoms with Gasteiger partial charge in [0, 0.05) is 32.7 Å². The number of benzene rings is 1. The summed E-state index contributed by atoms with van der Waals surface area (Å²) in [7, 11) is 0. The highest BCUT2D eigenvalue weighted by Gasteiger charge is 2.09. The van der Waals surface area contributed by atoms with Crippen molar-refractivity contribution in [2.75, 3.05) is 39.3 Å². The van der Waals surface area contributed by atoms with Crippen molar-refractivity contribution in [2.24, 2.45) is 0 Å². The Balaban J connectivity index is 0.000000379. The summed E-state index contributed by atoms with van der Waals surface area (Å²) in [5.41, 5.74) is 1.16. The van der Waals surface area contributed by atoms with E-state index in [9.17, 15) is 0 Å². The number of rotatable bonds is 4. The van der Waals surface area contributed by atoms with E-state index in [0.717, 1.165) is 44.0 Å². The second kappa shape index (κ2) is 10.0. The number of carboxylic acids is 2. The smallest absolute Gasteiger partial charge is 0.414 e. The molecule has 0 radical (unpaired) electrons. The Labute approximate surface area is 139 Å². The van der Waals surface area contributed by atoms with Crippen molar-refractivity contribution >= 4 is 23.5 Å². The van der Waals surface area contributed by atoms with Crippen LogP contribution in [-0.4, -0.2) is 66.4 Å². The first kappa shape index (κ1) is 19.2. The van der Waals surface area contributed by atoms with Crippen LogP contribution in [0.15, 0.2) is 18.2 Å². The predicted octanol–water partition coefficient (Wildman–Crippen LogP) is 1.09. The molecule has 0 unspecified atom stereocenters. The van der Waals surface area contributed by atoms with Crippen LogP contribution in [0.5, 0.6) is 5.75 Å². The molecule has 1 fully saturated rings. The fourth-order valence-electron chi connectivity index (χ4n) is 1.94. The summed E-state index contributed by atoms with van der Waals surface area (Å²) in [5, 5.41) is 18.8. The van der Waals surface area contributed by atoms with Crippen molar-refractivity contribution in [3.63, 3.8) is 0 Å². The third-order valence-corrected chi connectivity index (χ3v) is 3.44. The molecule has 1 heterocycles. The highest BCUT2D eigenvalue weighted by molar-refractivity contribution is 6.32. The number of carboxylic acid groups (broad SMARTS) is 2. The van der Waals surface area contributed by atoms with E-state index >= 15 is 0 Å². The van der Waals surface area contributed by atoms with Gasteiger partial charge in [-0.15, -0.1) is 0 Å². The largest absolute Gasteiger partial charge is 0.491 e. The van der Waals surface area contributed by atoms with Gasteiger partial charge < -0.3 is 20.3 Å². The molecule has 1 aromatic carbocycles. The van der Waals surface area contributed by atoms with E-state index in [1.54, 1.807) is 0 Å². The first-order valence-corrected chi connectivity index (χ1v) is 7.56. The van der Waals surface area contributed by atoms with Gasteiger partial charge in [0.1, 0.15) is 12.4 Å². The van der Waals surface area contributed by atoms with E-state index in [4.69, 9.17) is 36.1 Å². The van der Waals surface area contributed by atoms with Gasteiger partial charge in [0.25, 0.3) is 0 Å². The van der Waals surface area contributed by atoms with E-state index in [-0.39, 0.29) is 0 Å². The molecule has 3 N–H and O–H groups in total. The van der Waals surface area contributed by atoms with E-state index in [1.807, 2.05) is 25.1 Å². The molecule has 0 bridgehead atoms. The van der Waals surface area contributed by atoms with E-state index in [1.165, 1.54) is 0 Å². The number of aryl methyl sites for hydroxylation is 1. The molecule has 0 aliphatic carbocycles. The van der Waals surface area contributed by atoms with E-state index in [2.05, 4.69) is 10.2 Å². The molecule has 8 heteroatoms. The van der Waals surface area contributed by atoms with Gasteiger partial charge in [0.15, 0.2) is 0 Å². The maximum atomic E-state index is 9.10. The zero-order valence-corrected chi connectivity index (χ0v) is 13.7. The number of nitrogens with one attached hydrogen (secondary N) is 1. The summed E-state index contributed by atoms with van der Waals surface area (Å²) >= 11 is 6.10. The molecule has 0 atom stereocenters. The molecule has 1 aliphatic heterocycles. The van der Waals surface area contributed by atoms with Gasteiger partial charge in [-0.25, -0.2) is 9.59 Å². The van der Waals surface area contributed by atoms with E-state index < -0.39 is 11.9 Å². The number of aliphatic carboxylic acids is 2. The Hall–Kier alpha value is -1.83. The Morgan fingerprint density at radius 3 is 2.39 bits per heavy atom. The second-order valence-electron chi connectivity index (χ2n) is 4.98. The lowest BCUT2D eigenvalue weighted by molar-refractivity contribution is -0.159. The first-order chi connectivity index (χ1) is 10.9. The molecular weight excluding hydrogens is 324 g/mol. The predicted molar refractivity (Wildman–Crippen MR) is 86.3 cm³/mol. The maximum Gasteiger partial charge on any atom is 0.414 e. The zero-order valence-electron chi connectivity index (χ0n) is 12.9. The van der Waals surface area contributed by atoms with Crippen molar-refractivity contribution in [1.29, 1.82) is 0 Å². The normalized spacial score (nSPS) is 14.5. The van der Waals surface area contributed by atoms with Gasteiger partial charge in [-0.05, 0) is 24.6 Å². The lowest BCUT2D eigenvalue weighted by Gasteiger charge is -2.27. The van der Waals surface area contributed by atoms with Crippen LogP contribution in [0.2, 0.25) is 5.02 Å². The summed E-state index contributed by atoms with van der Waals surface area (Å²) in [6, 6.07) is 5.89.